The topological polar surface area (TPSA) is 30.2 Å². The summed E-state index contributed by atoms with van der Waals surface area (Å²) in [5, 5.41) is 3.77. The van der Waals surface area contributed by atoms with Crippen molar-refractivity contribution in [1.29, 1.82) is 0 Å². The predicted octanol–water partition coefficient (Wildman–Crippen LogP) is 6.18. The van der Waals surface area contributed by atoms with Gasteiger partial charge in [-0.05, 0) is 69.5 Å². The molecular formula is C28H17N3. The molecule has 3 heteroatoms. The van der Waals surface area contributed by atoms with Crippen molar-refractivity contribution in [3.05, 3.63) is 102 Å². The number of hydrogen-bond acceptors (Lipinski definition) is 2. The summed E-state index contributed by atoms with van der Waals surface area (Å²) in [6, 6.07) is 22.0. The van der Waals surface area contributed by atoms with Gasteiger partial charge < -0.3 is 0 Å². The molecule has 144 valence electrons. The van der Waals surface area contributed by atoms with Crippen LogP contribution in [-0.2, 0) is 12.8 Å². The third-order valence-electron chi connectivity index (χ3n) is 7.17. The number of hydrogen-bond donors (Lipinski definition) is 0. The van der Waals surface area contributed by atoms with E-state index >= 15 is 0 Å². The van der Waals surface area contributed by atoms with Crippen LogP contribution in [-0.4, -0.2) is 14.4 Å². The van der Waals surface area contributed by atoms with E-state index in [9.17, 15) is 0 Å². The average molecular weight is 395 g/mol. The van der Waals surface area contributed by atoms with Gasteiger partial charge in [-0.15, -0.1) is 0 Å². The van der Waals surface area contributed by atoms with Crippen LogP contribution in [0, 0.1) is 0 Å². The summed E-state index contributed by atoms with van der Waals surface area (Å²) < 4.78 is 2.16. The lowest BCUT2D eigenvalue weighted by atomic mass is 9.88. The molecule has 31 heavy (non-hydrogen) atoms. The van der Waals surface area contributed by atoms with Crippen LogP contribution in [0.4, 0.5) is 0 Å². The molecule has 0 saturated heterocycles. The van der Waals surface area contributed by atoms with Gasteiger partial charge in [-0.1, -0.05) is 48.5 Å². The molecule has 0 radical (unpaired) electrons. The second-order valence-electron chi connectivity index (χ2n) is 8.62. The summed E-state index contributed by atoms with van der Waals surface area (Å²) in [6.07, 6.45) is 7.81. The molecule has 0 bridgehead atoms. The van der Waals surface area contributed by atoms with Crippen LogP contribution in [0.5, 0.6) is 0 Å². The Kier molecular flexibility index (Phi) is 2.74. The molecule has 3 nitrogen and oxygen atoms in total. The first-order chi connectivity index (χ1) is 15.4. The first-order valence-electron chi connectivity index (χ1n) is 10.8. The maximum atomic E-state index is 4.85. The first-order valence-corrected chi connectivity index (χ1v) is 10.8. The molecule has 3 aromatic carbocycles. The third-order valence-corrected chi connectivity index (χ3v) is 7.17. The van der Waals surface area contributed by atoms with Gasteiger partial charge in [-0.2, -0.15) is 0 Å². The van der Waals surface area contributed by atoms with E-state index in [0.717, 1.165) is 24.1 Å². The summed E-state index contributed by atoms with van der Waals surface area (Å²) in [5.74, 6) is 0. The molecule has 6 aromatic rings. The highest BCUT2D eigenvalue weighted by Crippen LogP contribution is 2.53. The molecule has 2 aliphatic carbocycles. The Morgan fingerprint density at radius 3 is 2.00 bits per heavy atom. The lowest BCUT2D eigenvalue weighted by Crippen LogP contribution is -1.99. The van der Waals surface area contributed by atoms with E-state index in [-0.39, 0.29) is 0 Å². The number of fused-ring (bicyclic) bond motifs is 15. The van der Waals surface area contributed by atoms with Crippen molar-refractivity contribution in [3.63, 3.8) is 0 Å². The Bertz CT molecular complexity index is 1740. The molecule has 0 amide bonds. The molecule has 0 saturated carbocycles. The van der Waals surface area contributed by atoms with Crippen molar-refractivity contribution in [2.75, 3.05) is 0 Å². The average Bonchev–Trinajstić information content (AvgIpc) is 3.53. The molecule has 0 N–H and O–H groups in total. The van der Waals surface area contributed by atoms with Gasteiger partial charge in [0.25, 0.3) is 0 Å². The fourth-order valence-electron chi connectivity index (χ4n) is 5.99. The van der Waals surface area contributed by atoms with Crippen molar-refractivity contribution < 1.29 is 0 Å². The van der Waals surface area contributed by atoms with Gasteiger partial charge in [0.05, 0.1) is 0 Å². The van der Waals surface area contributed by atoms with Gasteiger partial charge in [0.2, 0.25) is 0 Å². The Balaban J connectivity index is 1.73. The maximum Gasteiger partial charge on any atom is 0.146 e. The zero-order chi connectivity index (χ0) is 20.1. The normalized spacial score (nSPS) is 13.5. The van der Waals surface area contributed by atoms with Crippen LogP contribution in [0.15, 0.2) is 79.3 Å². The van der Waals surface area contributed by atoms with Crippen molar-refractivity contribution in [2.24, 2.45) is 0 Å². The molecule has 0 aliphatic heterocycles. The summed E-state index contributed by atoms with van der Waals surface area (Å²) >= 11 is 0. The molecule has 3 heterocycles. The molecule has 2 aliphatic rings. The van der Waals surface area contributed by atoms with Gasteiger partial charge in [0.1, 0.15) is 11.3 Å². The highest BCUT2D eigenvalue weighted by molar-refractivity contribution is 6.24. The molecule has 0 fully saturated rings. The van der Waals surface area contributed by atoms with Crippen LogP contribution < -0.4 is 0 Å². The van der Waals surface area contributed by atoms with Gasteiger partial charge >= 0.3 is 0 Å². The molecule has 8 rings (SSSR count). The number of aromatic nitrogens is 3. The Morgan fingerprint density at radius 1 is 0.613 bits per heavy atom. The van der Waals surface area contributed by atoms with Crippen molar-refractivity contribution in [3.8, 4) is 22.3 Å². The lowest BCUT2D eigenvalue weighted by molar-refractivity contribution is 1.16. The van der Waals surface area contributed by atoms with Gasteiger partial charge in [-0.25, -0.2) is 9.97 Å². The molecular weight excluding hydrogens is 378 g/mol. The van der Waals surface area contributed by atoms with Gasteiger partial charge in [0.15, 0.2) is 0 Å². The van der Waals surface area contributed by atoms with Crippen LogP contribution in [0.2, 0.25) is 0 Å². The largest absolute Gasteiger partial charge is 0.283 e. The third kappa shape index (κ3) is 1.81. The second kappa shape index (κ2) is 5.38. The smallest absolute Gasteiger partial charge is 0.146 e. The van der Waals surface area contributed by atoms with E-state index in [1.807, 2.05) is 18.6 Å². The minimum Gasteiger partial charge on any atom is -0.283 e. The van der Waals surface area contributed by atoms with E-state index in [2.05, 4.69) is 65.1 Å². The van der Waals surface area contributed by atoms with Crippen molar-refractivity contribution in [2.45, 2.75) is 12.8 Å². The number of rotatable bonds is 0. The minimum absolute atomic E-state index is 0.973. The minimum atomic E-state index is 0.973. The fourth-order valence-corrected chi connectivity index (χ4v) is 5.99. The van der Waals surface area contributed by atoms with E-state index in [1.165, 1.54) is 60.7 Å². The zero-order valence-electron chi connectivity index (χ0n) is 16.8. The molecule has 3 aromatic heterocycles. The SMILES string of the molecule is c1ccc2c(c1)Cc1c3c(c4c(c1-2)c1cccnc1n1ccnc41)-c1ccccc1C3. The van der Waals surface area contributed by atoms with E-state index < -0.39 is 0 Å². The summed E-state index contributed by atoms with van der Waals surface area (Å²) in [4.78, 5) is 9.63. The Labute approximate surface area is 178 Å². The number of benzene rings is 3. The fraction of sp³-hybridized carbons (Fsp3) is 0.0714. The van der Waals surface area contributed by atoms with Crippen LogP contribution in [0.25, 0.3) is 49.7 Å². The standard InChI is InChI=1S/C28H17N3/c1-3-8-18-16(6-1)14-21-22-15-17-7-2-4-9-19(17)24(22)26-25(23(18)21)20-10-5-11-29-27(20)31-13-12-30-28(26)31/h1-13H,14-15H2. The van der Waals surface area contributed by atoms with Crippen molar-refractivity contribution >= 4 is 27.5 Å². The second-order valence-corrected chi connectivity index (χ2v) is 8.62. The van der Waals surface area contributed by atoms with E-state index in [1.54, 1.807) is 0 Å². The van der Waals surface area contributed by atoms with E-state index in [4.69, 9.17) is 9.97 Å². The van der Waals surface area contributed by atoms with E-state index in [0.29, 0.717) is 0 Å². The highest BCUT2D eigenvalue weighted by Gasteiger charge is 2.33. The lowest BCUT2D eigenvalue weighted by Gasteiger charge is -2.17. The quantitative estimate of drug-likeness (QED) is 0.287. The molecule has 0 unspecified atom stereocenters. The predicted molar refractivity (Wildman–Crippen MR) is 124 cm³/mol. The Morgan fingerprint density at radius 2 is 1.26 bits per heavy atom. The van der Waals surface area contributed by atoms with Crippen molar-refractivity contribution in [1.82, 2.24) is 14.4 Å². The summed E-state index contributed by atoms with van der Waals surface area (Å²) in [6.45, 7) is 0. The highest BCUT2D eigenvalue weighted by atomic mass is 15.0. The maximum absolute atomic E-state index is 4.85. The van der Waals surface area contributed by atoms with Crippen LogP contribution >= 0.6 is 0 Å². The number of nitrogens with zero attached hydrogens (tertiary/aromatic N) is 3. The Hall–Kier alpha value is -3.98. The zero-order valence-corrected chi connectivity index (χ0v) is 16.8. The van der Waals surface area contributed by atoms with Crippen LogP contribution in [0.1, 0.15) is 22.3 Å². The number of imidazole rings is 1. The first kappa shape index (κ1) is 15.8. The molecule has 0 spiro atoms. The monoisotopic (exact) mass is 395 g/mol. The molecule has 0 atom stereocenters. The van der Waals surface area contributed by atoms with Gasteiger partial charge in [0, 0.05) is 34.7 Å². The van der Waals surface area contributed by atoms with Gasteiger partial charge in [-0.3, -0.25) is 4.40 Å². The summed E-state index contributed by atoms with van der Waals surface area (Å²) in [5.41, 5.74) is 13.3. The summed E-state index contributed by atoms with van der Waals surface area (Å²) in [7, 11) is 0. The number of pyridine rings is 2. The van der Waals surface area contributed by atoms with Crippen LogP contribution in [0.3, 0.4) is 0 Å².